The SMILES string of the molecule is CCCNC(C)/C=C/c1cncs1. The maximum atomic E-state index is 4.01. The summed E-state index contributed by atoms with van der Waals surface area (Å²) >= 11 is 1.66. The van der Waals surface area contributed by atoms with E-state index in [0.29, 0.717) is 6.04 Å². The number of thiazole rings is 1. The Kier molecular flexibility index (Phi) is 4.72. The molecule has 0 aliphatic carbocycles. The summed E-state index contributed by atoms with van der Waals surface area (Å²) in [6, 6.07) is 0.446. The van der Waals surface area contributed by atoms with Gasteiger partial charge in [0.1, 0.15) is 0 Å². The molecule has 1 aromatic rings. The van der Waals surface area contributed by atoms with Crippen molar-refractivity contribution < 1.29 is 0 Å². The average molecular weight is 196 g/mol. The summed E-state index contributed by atoms with van der Waals surface area (Å²) in [6.45, 7) is 5.41. The van der Waals surface area contributed by atoms with Crippen molar-refractivity contribution in [2.45, 2.75) is 26.3 Å². The minimum Gasteiger partial charge on any atom is -0.311 e. The topological polar surface area (TPSA) is 24.9 Å². The van der Waals surface area contributed by atoms with Crippen LogP contribution in [0.2, 0.25) is 0 Å². The first-order valence-electron chi connectivity index (χ1n) is 4.63. The number of hydrogen-bond acceptors (Lipinski definition) is 3. The summed E-state index contributed by atoms with van der Waals surface area (Å²) in [5.41, 5.74) is 1.85. The third-order valence-corrected chi connectivity index (χ3v) is 2.46. The van der Waals surface area contributed by atoms with Crippen molar-refractivity contribution in [2.24, 2.45) is 0 Å². The van der Waals surface area contributed by atoms with Crippen LogP contribution in [0.1, 0.15) is 25.1 Å². The zero-order valence-corrected chi connectivity index (χ0v) is 8.97. The second kappa shape index (κ2) is 5.89. The van der Waals surface area contributed by atoms with Crippen molar-refractivity contribution >= 4 is 17.4 Å². The van der Waals surface area contributed by atoms with Gasteiger partial charge in [-0.3, -0.25) is 4.98 Å². The molecule has 0 amide bonds. The van der Waals surface area contributed by atoms with Crippen molar-refractivity contribution in [1.29, 1.82) is 0 Å². The van der Waals surface area contributed by atoms with Crippen molar-refractivity contribution in [3.8, 4) is 0 Å². The van der Waals surface area contributed by atoms with Crippen LogP contribution in [-0.2, 0) is 0 Å². The third kappa shape index (κ3) is 4.20. The molecule has 72 valence electrons. The van der Waals surface area contributed by atoms with Crippen LogP contribution in [-0.4, -0.2) is 17.6 Å². The van der Waals surface area contributed by atoms with Crippen LogP contribution in [0.25, 0.3) is 6.08 Å². The molecular weight excluding hydrogens is 180 g/mol. The molecule has 0 radical (unpaired) electrons. The Morgan fingerprint density at radius 1 is 1.69 bits per heavy atom. The molecule has 1 aromatic heterocycles. The molecule has 0 fully saturated rings. The summed E-state index contributed by atoms with van der Waals surface area (Å²) in [4.78, 5) is 5.22. The maximum absolute atomic E-state index is 4.01. The first-order chi connectivity index (χ1) is 6.33. The van der Waals surface area contributed by atoms with Gasteiger partial charge in [-0.2, -0.15) is 0 Å². The van der Waals surface area contributed by atoms with Crippen LogP contribution in [0.4, 0.5) is 0 Å². The van der Waals surface area contributed by atoms with Gasteiger partial charge in [0.25, 0.3) is 0 Å². The fourth-order valence-electron chi connectivity index (χ4n) is 0.987. The molecule has 2 nitrogen and oxygen atoms in total. The Labute approximate surface area is 83.7 Å². The van der Waals surface area contributed by atoms with E-state index in [1.54, 1.807) is 11.3 Å². The molecule has 0 aromatic carbocycles. The Bertz CT molecular complexity index is 241. The van der Waals surface area contributed by atoms with Gasteiger partial charge < -0.3 is 5.32 Å². The summed E-state index contributed by atoms with van der Waals surface area (Å²) in [5, 5.41) is 3.39. The molecule has 0 bridgehead atoms. The van der Waals surface area contributed by atoms with E-state index in [-0.39, 0.29) is 0 Å². The maximum Gasteiger partial charge on any atom is 0.0797 e. The summed E-state index contributed by atoms with van der Waals surface area (Å²) in [6.07, 6.45) is 7.35. The van der Waals surface area contributed by atoms with Gasteiger partial charge in [0.2, 0.25) is 0 Å². The second-order valence-electron chi connectivity index (χ2n) is 3.01. The molecule has 0 spiro atoms. The van der Waals surface area contributed by atoms with E-state index in [2.05, 4.69) is 36.3 Å². The zero-order chi connectivity index (χ0) is 9.52. The van der Waals surface area contributed by atoms with E-state index in [1.807, 2.05) is 11.7 Å². The molecule has 1 atom stereocenters. The lowest BCUT2D eigenvalue weighted by Crippen LogP contribution is -2.24. The van der Waals surface area contributed by atoms with Crippen LogP contribution in [0.3, 0.4) is 0 Å². The first-order valence-corrected chi connectivity index (χ1v) is 5.51. The molecular formula is C10H16N2S. The van der Waals surface area contributed by atoms with Crippen molar-refractivity contribution in [3.05, 3.63) is 22.7 Å². The molecule has 13 heavy (non-hydrogen) atoms. The highest BCUT2D eigenvalue weighted by atomic mass is 32.1. The summed E-state index contributed by atoms with van der Waals surface area (Å²) in [5.74, 6) is 0. The first kappa shape index (κ1) is 10.4. The van der Waals surface area contributed by atoms with Crippen LogP contribution in [0, 0.1) is 0 Å². The fourth-order valence-corrected chi connectivity index (χ4v) is 1.51. The molecule has 0 saturated heterocycles. The predicted octanol–water partition coefficient (Wildman–Crippen LogP) is 2.54. The van der Waals surface area contributed by atoms with E-state index >= 15 is 0 Å². The molecule has 3 heteroatoms. The van der Waals surface area contributed by atoms with E-state index in [4.69, 9.17) is 0 Å². The predicted molar refractivity (Wildman–Crippen MR) is 58.9 cm³/mol. The van der Waals surface area contributed by atoms with Crippen LogP contribution < -0.4 is 5.32 Å². The smallest absolute Gasteiger partial charge is 0.0797 e. The number of hydrogen-bond donors (Lipinski definition) is 1. The van der Waals surface area contributed by atoms with Crippen LogP contribution in [0.15, 0.2) is 17.8 Å². The van der Waals surface area contributed by atoms with E-state index in [1.165, 1.54) is 11.3 Å². The highest BCUT2D eigenvalue weighted by Gasteiger charge is 1.93. The van der Waals surface area contributed by atoms with Gasteiger partial charge in [-0.15, -0.1) is 11.3 Å². The normalized spacial score (nSPS) is 13.7. The van der Waals surface area contributed by atoms with E-state index in [0.717, 1.165) is 6.54 Å². The molecule has 0 saturated carbocycles. The van der Waals surface area contributed by atoms with Gasteiger partial charge in [0.05, 0.1) is 5.51 Å². The Morgan fingerprint density at radius 3 is 3.15 bits per heavy atom. The van der Waals surface area contributed by atoms with Gasteiger partial charge in [0.15, 0.2) is 0 Å². The quantitative estimate of drug-likeness (QED) is 0.783. The van der Waals surface area contributed by atoms with Crippen molar-refractivity contribution in [2.75, 3.05) is 6.54 Å². The molecule has 1 unspecified atom stereocenters. The molecule has 0 aliphatic heterocycles. The average Bonchev–Trinajstić information content (AvgIpc) is 2.64. The highest BCUT2D eigenvalue weighted by Crippen LogP contribution is 2.07. The number of aromatic nitrogens is 1. The minimum atomic E-state index is 0.446. The highest BCUT2D eigenvalue weighted by molar-refractivity contribution is 7.10. The monoisotopic (exact) mass is 196 g/mol. The van der Waals surface area contributed by atoms with Gasteiger partial charge in [0, 0.05) is 17.1 Å². The fraction of sp³-hybridized carbons (Fsp3) is 0.500. The minimum absolute atomic E-state index is 0.446. The van der Waals surface area contributed by atoms with E-state index in [9.17, 15) is 0 Å². The third-order valence-electron chi connectivity index (χ3n) is 1.72. The molecule has 1 N–H and O–H groups in total. The summed E-state index contributed by atoms with van der Waals surface area (Å²) in [7, 11) is 0. The van der Waals surface area contributed by atoms with Gasteiger partial charge in [-0.25, -0.2) is 0 Å². The van der Waals surface area contributed by atoms with E-state index < -0.39 is 0 Å². The lowest BCUT2D eigenvalue weighted by Gasteiger charge is -2.06. The lowest BCUT2D eigenvalue weighted by molar-refractivity contribution is 0.625. The number of rotatable bonds is 5. The molecule has 0 aliphatic rings. The number of nitrogens with zero attached hydrogens (tertiary/aromatic N) is 1. The van der Waals surface area contributed by atoms with Crippen molar-refractivity contribution in [1.82, 2.24) is 10.3 Å². The van der Waals surface area contributed by atoms with Gasteiger partial charge in [-0.05, 0) is 26.0 Å². The van der Waals surface area contributed by atoms with Gasteiger partial charge >= 0.3 is 0 Å². The Morgan fingerprint density at radius 2 is 2.54 bits per heavy atom. The standard InChI is InChI=1S/C10H16N2S/c1-3-6-12-9(2)4-5-10-7-11-8-13-10/h4-5,7-9,12H,3,6H2,1-2H3/b5-4+. The lowest BCUT2D eigenvalue weighted by atomic mass is 10.3. The van der Waals surface area contributed by atoms with Crippen molar-refractivity contribution in [3.63, 3.8) is 0 Å². The number of nitrogens with one attached hydrogen (secondary N) is 1. The largest absolute Gasteiger partial charge is 0.311 e. The van der Waals surface area contributed by atoms with Gasteiger partial charge in [-0.1, -0.05) is 13.0 Å². The Hall–Kier alpha value is -0.670. The zero-order valence-electron chi connectivity index (χ0n) is 8.16. The van der Waals surface area contributed by atoms with Crippen LogP contribution in [0.5, 0.6) is 0 Å². The second-order valence-corrected chi connectivity index (χ2v) is 3.92. The van der Waals surface area contributed by atoms with Crippen LogP contribution >= 0.6 is 11.3 Å². The molecule has 1 rings (SSSR count). The molecule has 1 heterocycles. The summed E-state index contributed by atoms with van der Waals surface area (Å²) < 4.78 is 0. The Balaban J connectivity index is 2.31.